The molecule has 49 heavy (non-hydrogen) atoms. The second kappa shape index (κ2) is 12.4. The summed E-state index contributed by atoms with van der Waals surface area (Å²) in [5, 5.41) is 13.1. The Bertz CT molecular complexity index is 2020. The highest BCUT2D eigenvalue weighted by molar-refractivity contribution is 7.23. The van der Waals surface area contributed by atoms with E-state index in [4.69, 9.17) is 15.5 Å². The molecule has 0 bridgehead atoms. The average Bonchev–Trinajstić information content (AvgIpc) is 3.68. The summed E-state index contributed by atoms with van der Waals surface area (Å²) < 4.78 is 54.9. The molecule has 4 fully saturated rings. The molecule has 0 spiro atoms. The number of halogens is 3. The molecule has 3 atom stereocenters. The molecule has 2 aromatic heterocycles. The molecule has 0 saturated carbocycles. The summed E-state index contributed by atoms with van der Waals surface area (Å²) in [7, 11) is 0. The highest BCUT2D eigenvalue weighted by atomic mass is 32.1. The lowest BCUT2D eigenvalue weighted by Crippen LogP contribution is -2.43. The first-order valence-electron chi connectivity index (χ1n) is 17.2. The van der Waals surface area contributed by atoms with E-state index in [1.807, 2.05) is 11.0 Å². The number of nitrogen functional groups attached to an aromatic ring is 1. The minimum absolute atomic E-state index is 0.0132. The number of anilines is 2. The van der Waals surface area contributed by atoms with Crippen molar-refractivity contribution in [2.75, 3.05) is 50.0 Å². The molecule has 13 heteroatoms. The number of rotatable bonds is 8. The molecule has 3 N–H and O–H groups in total. The number of hydrogen-bond donors (Lipinski definition) is 2. The van der Waals surface area contributed by atoms with Crippen molar-refractivity contribution in [3.63, 3.8) is 0 Å². The molecule has 8 rings (SSSR count). The number of ketones is 1. The maximum Gasteiger partial charge on any atom is 0.319 e. The number of fused-ring (bicyclic) bond motifs is 3. The zero-order valence-corrected chi connectivity index (χ0v) is 28.1. The summed E-state index contributed by atoms with van der Waals surface area (Å²) in [6.07, 6.45) is 6.25. The molecule has 0 radical (unpaired) electrons. The number of nitrogens with one attached hydrogen (secondary N) is 1. The van der Waals surface area contributed by atoms with Crippen LogP contribution in [0.5, 0.6) is 6.01 Å². The molecule has 2 aromatic carbocycles. The van der Waals surface area contributed by atoms with Crippen molar-refractivity contribution in [1.29, 1.82) is 5.26 Å². The highest BCUT2D eigenvalue weighted by Gasteiger charge is 2.45. The van der Waals surface area contributed by atoms with Gasteiger partial charge in [-0.3, -0.25) is 9.69 Å². The molecular formula is C36H38F3N7O2S. The van der Waals surface area contributed by atoms with Crippen molar-refractivity contribution >= 4 is 48.9 Å². The minimum atomic E-state index is -0.831. The molecule has 4 aliphatic heterocycles. The Balaban J connectivity index is 1.27. The van der Waals surface area contributed by atoms with Gasteiger partial charge in [0.2, 0.25) is 0 Å². The lowest BCUT2D eigenvalue weighted by Gasteiger charge is -2.32. The summed E-state index contributed by atoms with van der Waals surface area (Å²) in [6.45, 7) is 6.14. The number of thiophene rings is 1. The van der Waals surface area contributed by atoms with E-state index in [9.17, 15) is 14.4 Å². The van der Waals surface area contributed by atoms with Gasteiger partial charge in [0.15, 0.2) is 11.6 Å². The molecule has 4 aliphatic rings. The molecule has 6 heterocycles. The van der Waals surface area contributed by atoms with Gasteiger partial charge in [-0.05, 0) is 81.1 Å². The zero-order chi connectivity index (χ0) is 34.0. The van der Waals surface area contributed by atoms with Gasteiger partial charge < -0.3 is 20.7 Å². The van der Waals surface area contributed by atoms with E-state index in [1.54, 1.807) is 0 Å². The summed E-state index contributed by atoms with van der Waals surface area (Å²) in [5.74, 6) is -1.55. The van der Waals surface area contributed by atoms with Gasteiger partial charge in [0.1, 0.15) is 40.6 Å². The molecule has 256 valence electrons. The van der Waals surface area contributed by atoms with Gasteiger partial charge in [0, 0.05) is 37.0 Å². The van der Waals surface area contributed by atoms with Crippen molar-refractivity contribution < 1.29 is 22.7 Å². The topological polar surface area (TPSA) is 130 Å². The predicted molar refractivity (Wildman–Crippen MR) is 183 cm³/mol. The second-order valence-electron chi connectivity index (χ2n) is 14.3. The van der Waals surface area contributed by atoms with Gasteiger partial charge >= 0.3 is 6.01 Å². The zero-order valence-electron chi connectivity index (χ0n) is 27.3. The fraction of sp³-hybridized carbons (Fsp3) is 0.500. The number of nitrogens with zero attached hydrogens (tertiary/aromatic N) is 5. The highest BCUT2D eigenvalue weighted by Crippen LogP contribution is 2.45. The van der Waals surface area contributed by atoms with Crippen molar-refractivity contribution in [3.05, 3.63) is 41.2 Å². The van der Waals surface area contributed by atoms with Crippen LogP contribution in [-0.4, -0.2) is 71.6 Å². The monoisotopic (exact) mass is 689 g/mol. The van der Waals surface area contributed by atoms with E-state index in [0.29, 0.717) is 32.7 Å². The summed E-state index contributed by atoms with van der Waals surface area (Å²) in [5.41, 5.74) is 5.66. The number of carbonyl (C=O) groups excluding carboxylic acids is 1. The Kier molecular flexibility index (Phi) is 8.16. The normalized spacial score (nSPS) is 23.5. The summed E-state index contributed by atoms with van der Waals surface area (Å²) in [4.78, 5) is 26.5. The fourth-order valence-corrected chi connectivity index (χ4v) is 9.34. The fourth-order valence-electron chi connectivity index (χ4n) is 8.39. The minimum Gasteiger partial charge on any atom is -0.461 e. The number of carbonyl (C=O) groups is 1. The molecule has 9 nitrogen and oxygen atoms in total. The number of hydrogen-bond acceptors (Lipinski definition) is 10. The number of nitriles is 1. The molecule has 0 aliphatic carbocycles. The van der Waals surface area contributed by atoms with Crippen LogP contribution in [0.4, 0.5) is 24.0 Å². The van der Waals surface area contributed by atoms with E-state index in [2.05, 4.69) is 22.1 Å². The first kappa shape index (κ1) is 32.2. The van der Waals surface area contributed by atoms with Crippen LogP contribution in [0.2, 0.25) is 0 Å². The Morgan fingerprint density at radius 1 is 1.12 bits per heavy atom. The second-order valence-corrected chi connectivity index (χ2v) is 15.4. The Hall–Kier alpha value is -3.99. The molecule has 4 aromatic rings. The smallest absolute Gasteiger partial charge is 0.319 e. The van der Waals surface area contributed by atoms with E-state index in [0.717, 1.165) is 69.0 Å². The van der Waals surface area contributed by atoms with Crippen LogP contribution in [0.25, 0.3) is 32.1 Å². The van der Waals surface area contributed by atoms with E-state index in [1.165, 1.54) is 12.1 Å². The average molecular weight is 690 g/mol. The number of Topliss-reactive ketones (excluding diaryl/α,β-unsaturated/α-hetero) is 1. The number of benzene rings is 2. The van der Waals surface area contributed by atoms with Gasteiger partial charge in [-0.1, -0.05) is 13.0 Å². The first-order chi connectivity index (χ1) is 23.7. The van der Waals surface area contributed by atoms with Crippen LogP contribution in [0, 0.1) is 40.6 Å². The third-order valence-electron chi connectivity index (χ3n) is 11.0. The quantitative estimate of drug-likeness (QED) is 0.209. The van der Waals surface area contributed by atoms with E-state index < -0.39 is 17.5 Å². The van der Waals surface area contributed by atoms with Gasteiger partial charge in [-0.2, -0.15) is 15.2 Å². The standard InChI is InChI=1S/C36H38F3N7O2S/c1-19-4-5-20(12-27(47)26-15-42-26)17-45(16-19)34-29-25(38)13-22(21-6-7-24(37)32-28(21)23(14-40)33(41)49-32)30(39)31(29)43-35(44-34)48-18-36-8-2-10-46(36)11-3-9-36/h6-7,13,19-20,26,42H,2-5,8-12,15-18,41H2,1H3. The van der Waals surface area contributed by atoms with Gasteiger partial charge in [0.05, 0.1) is 27.2 Å². The van der Waals surface area contributed by atoms with Crippen LogP contribution < -0.4 is 20.7 Å². The lowest BCUT2D eigenvalue weighted by molar-refractivity contribution is -0.119. The van der Waals surface area contributed by atoms with E-state index in [-0.39, 0.29) is 83.7 Å². The van der Waals surface area contributed by atoms with Crippen molar-refractivity contribution in [2.45, 2.75) is 63.5 Å². The van der Waals surface area contributed by atoms with Crippen molar-refractivity contribution in [3.8, 4) is 23.2 Å². The van der Waals surface area contributed by atoms with Crippen LogP contribution in [0.15, 0.2) is 18.2 Å². The maximum absolute atomic E-state index is 17.0. The Labute approximate surface area is 286 Å². The Morgan fingerprint density at radius 3 is 2.63 bits per heavy atom. The number of aromatic nitrogens is 2. The van der Waals surface area contributed by atoms with Gasteiger partial charge in [0.25, 0.3) is 0 Å². The lowest BCUT2D eigenvalue weighted by atomic mass is 9.94. The van der Waals surface area contributed by atoms with Gasteiger partial charge in [-0.25, -0.2) is 13.2 Å². The van der Waals surface area contributed by atoms with Crippen LogP contribution in [-0.2, 0) is 4.79 Å². The molecule has 3 unspecified atom stereocenters. The van der Waals surface area contributed by atoms with Crippen LogP contribution in [0.3, 0.4) is 0 Å². The van der Waals surface area contributed by atoms with Crippen molar-refractivity contribution in [1.82, 2.24) is 20.2 Å². The van der Waals surface area contributed by atoms with Crippen molar-refractivity contribution in [2.24, 2.45) is 11.8 Å². The number of ether oxygens (including phenoxy) is 1. The predicted octanol–water partition coefficient (Wildman–Crippen LogP) is 6.17. The Morgan fingerprint density at radius 2 is 1.90 bits per heavy atom. The van der Waals surface area contributed by atoms with E-state index >= 15 is 8.78 Å². The molecule has 0 amide bonds. The number of nitrogens with two attached hydrogens (primary N) is 1. The summed E-state index contributed by atoms with van der Waals surface area (Å²) >= 11 is 0.894. The van der Waals surface area contributed by atoms with Crippen LogP contribution in [0.1, 0.15) is 57.4 Å². The molecular weight excluding hydrogens is 652 g/mol. The summed E-state index contributed by atoms with van der Waals surface area (Å²) in [6, 6.07) is 5.45. The third kappa shape index (κ3) is 5.67. The SMILES string of the molecule is CC1CCC(CC(=O)C2CN2)CN(c2nc(OCC34CCCN3CCC4)nc3c(F)c(-c4ccc(F)c5sc(N)c(C#N)c45)cc(F)c23)C1. The first-order valence-corrected chi connectivity index (χ1v) is 18.0. The maximum atomic E-state index is 17.0. The molecule has 4 saturated heterocycles. The largest absolute Gasteiger partial charge is 0.461 e. The van der Waals surface area contributed by atoms with Crippen LogP contribution >= 0.6 is 11.3 Å². The van der Waals surface area contributed by atoms with Gasteiger partial charge in [-0.15, -0.1) is 11.3 Å². The third-order valence-corrected chi connectivity index (χ3v) is 12.0.